The lowest BCUT2D eigenvalue weighted by Gasteiger charge is -2.33. The summed E-state index contributed by atoms with van der Waals surface area (Å²) in [6, 6.07) is 6.45. The van der Waals surface area contributed by atoms with Gasteiger partial charge in [0.05, 0.1) is 39.3 Å². The lowest BCUT2D eigenvalue weighted by Crippen LogP contribution is -3.12. The molecule has 4 rings (SSSR count). The van der Waals surface area contributed by atoms with Crippen LogP contribution in [0.4, 0.5) is 19.0 Å². The lowest BCUT2D eigenvalue weighted by molar-refractivity contribution is -0.883. The van der Waals surface area contributed by atoms with Gasteiger partial charge in [0.2, 0.25) is 0 Å². The molecule has 6 nitrogen and oxygen atoms in total. The Bertz CT molecular complexity index is 893. The number of nitrogens with one attached hydrogen (secondary N) is 2. The van der Waals surface area contributed by atoms with Crippen molar-refractivity contribution in [1.82, 2.24) is 14.7 Å². The molecule has 2 N–H and O–H groups in total. The SMILES string of the molecule is C[NH+]1CCN(C(=O)c2nn3c(c2Cl)N[C@@H](c2ccccc2)C[C@@H]3C(F)(F)F)CC1. The van der Waals surface area contributed by atoms with E-state index in [-0.39, 0.29) is 23.0 Å². The molecule has 0 radical (unpaired) electrons. The first-order valence-corrected chi connectivity index (χ1v) is 9.90. The van der Waals surface area contributed by atoms with Crippen molar-refractivity contribution in [3.8, 4) is 0 Å². The molecule has 1 aromatic carbocycles. The molecule has 0 aliphatic carbocycles. The molecule has 156 valence electrons. The zero-order valence-electron chi connectivity index (χ0n) is 15.8. The molecule has 1 saturated heterocycles. The summed E-state index contributed by atoms with van der Waals surface area (Å²) < 4.78 is 42.3. The van der Waals surface area contributed by atoms with Gasteiger partial charge < -0.3 is 15.1 Å². The number of fused-ring (bicyclic) bond motifs is 1. The number of nitrogens with zero attached hydrogens (tertiary/aromatic N) is 3. The molecule has 2 aliphatic rings. The second-order valence-corrected chi connectivity index (χ2v) is 7.98. The van der Waals surface area contributed by atoms with Crippen molar-refractivity contribution in [2.75, 3.05) is 38.5 Å². The van der Waals surface area contributed by atoms with E-state index >= 15 is 0 Å². The van der Waals surface area contributed by atoms with E-state index in [0.29, 0.717) is 13.1 Å². The highest BCUT2D eigenvalue weighted by Gasteiger charge is 2.48. The van der Waals surface area contributed by atoms with Crippen LogP contribution < -0.4 is 10.2 Å². The van der Waals surface area contributed by atoms with Crippen molar-refractivity contribution in [2.45, 2.75) is 24.7 Å². The summed E-state index contributed by atoms with van der Waals surface area (Å²) in [5.74, 6) is -0.388. The Morgan fingerprint density at radius 3 is 2.52 bits per heavy atom. The van der Waals surface area contributed by atoms with Gasteiger partial charge in [0.25, 0.3) is 5.91 Å². The second-order valence-electron chi connectivity index (χ2n) is 7.61. The Morgan fingerprint density at radius 2 is 1.90 bits per heavy atom. The molecule has 1 amide bonds. The summed E-state index contributed by atoms with van der Waals surface area (Å²) in [5, 5.41) is 7.03. The van der Waals surface area contributed by atoms with E-state index < -0.39 is 24.2 Å². The number of piperazine rings is 1. The van der Waals surface area contributed by atoms with Gasteiger partial charge in [-0.25, -0.2) is 4.68 Å². The minimum Gasteiger partial charge on any atom is -0.362 e. The maximum Gasteiger partial charge on any atom is 0.410 e. The average Bonchev–Trinajstić information content (AvgIpc) is 3.04. The van der Waals surface area contributed by atoms with Crippen molar-refractivity contribution in [1.29, 1.82) is 0 Å². The third kappa shape index (κ3) is 3.81. The first-order valence-electron chi connectivity index (χ1n) is 9.52. The molecule has 0 unspecified atom stereocenters. The highest BCUT2D eigenvalue weighted by atomic mass is 35.5. The zero-order chi connectivity index (χ0) is 20.8. The standard InChI is InChI=1S/C19H21ClF3N5O/c1-26-7-9-27(10-8-26)18(29)16-15(20)17-24-13(12-5-3-2-4-6-12)11-14(19(21,22)23)28(17)25-16/h2-6,13-14,24H,7-11H2,1H3/p+1/t13-,14-/m1/s1. The van der Waals surface area contributed by atoms with Crippen LogP contribution in [0.1, 0.15) is 34.6 Å². The predicted molar refractivity (Wildman–Crippen MR) is 102 cm³/mol. The molecule has 10 heteroatoms. The number of benzene rings is 1. The third-order valence-corrected chi connectivity index (χ3v) is 5.96. The maximum atomic E-state index is 13.8. The zero-order valence-corrected chi connectivity index (χ0v) is 16.6. The topological polar surface area (TPSA) is 54.6 Å². The molecule has 29 heavy (non-hydrogen) atoms. The van der Waals surface area contributed by atoms with Crippen LogP contribution in [-0.4, -0.2) is 60.0 Å². The quantitative estimate of drug-likeness (QED) is 0.771. The first kappa shape index (κ1) is 20.0. The Hall–Kier alpha value is -2.26. The van der Waals surface area contributed by atoms with Gasteiger partial charge in [0, 0.05) is 6.42 Å². The number of hydrogen-bond acceptors (Lipinski definition) is 3. The van der Waals surface area contributed by atoms with Crippen LogP contribution in [0.15, 0.2) is 30.3 Å². The average molecular weight is 429 g/mol. The highest BCUT2D eigenvalue weighted by molar-refractivity contribution is 6.36. The van der Waals surface area contributed by atoms with Gasteiger partial charge in [-0.1, -0.05) is 41.9 Å². The smallest absolute Gasteiger partial charge is 0.362 e. The van der Waals surface area contributed by atoms with E-state index in [2.05, 4.69) is 10.4 Å². The number of likely N-dealkylation sites (N-methyl/N-ethyl adjacent to an activating group) is 1. The minimum absolute atomic E-state index is 0.0391. The number of carbonyl (C=O) groups is 1. The number of carbonyl (C=O) groups excluding carboxylic acids is 1. The Morgan fingerprint density at radius 1 is 1.24 bits per heavy atom. The molecule has 2 aromatic rings. The predicted octanol–water partition coefficient (Wildman–Crippen LogP) is 2.17. The maximum absolute atomic E-state index is 13.8. The van der Waals surface area contributed by atoms with Crippen LogP contribution >= 0.6 is 11.6 Å². The van der Waals surface area contributed by atoms with Crippen molar-refractivity contribution in [2.24, 2.45) is 0 Å². The molecule has 0 bridgehead atoms. The van der Waals surface area contributed by atoms with Gasteiger partial charge in [0.15, 0.2) is 11.7 Å². The van der Waals surface area contributed by atoms with E-state index in [0.717, 1.165) is 23.3 Å². The molecular weight excluding hydrogens is 407 g/mol. The fraction of sp³-hybridized carbons (Fsp3) is 0.474. The second kappa shape index (κ2) is 7.53. The molecule has 0 spiro atoms. The first-order chi connectivity index (χ1) is 13.8. The van der Waals surface area contributed by atoms with Crippen LogP contribution in [-0.2, 0) is 0 Å². The molecular formula is C19H22ClF3N5O+. The molecule has 2 aliphatic heterocycles. The van der Waals surface area contributed by atoms with Gasteiger partial charge in [0.1, 0.15) is 10.8 Å². The lowest BCUT2D eigenvalue weighted by atomic mass is 9.97. The van der Waals surface area contributed by atoms with Crippen LogP contribution in [0.3, 0.4) is 0 Å². The molecule has 2 atom stereocenters. The van der Waals surface area contributed by atoms with E-state index in [1.165, 1.54) is 4.90 Å². The number of halogens is 4. The monoisotopic (exact) mass is 428 g/mol. The molecule has 1 fully saturated rings. The number of quaternary nitrogens is 1. The Balaban J connectivity index is 1.69. The van der Waals surface area contributed by atoms with Gasteiger partial charge in [-0.15, -0.1) is 0 Å². The van der Waals surface area contributed by atoms with E-state index in [1.54, 1.807) is 35.2 Å². The van der Waals surface area contributed by atoms with E-state index in [4.69, 9.17) is 11.6 Å². The van der Waals surface area contributed by atoms with E-state index in [1.807, 2.05) is 7.05 Å². The van der Waals surface area contributed by atoms with Gasteiger partial charge >= 0.3 is 6.18 Å². The van der Waals surface area contributed by atoms with Crippen LogP contribution in [0.5, 0.6) is 0 Å². The fourth-order valence-electron chi connectivity index (χ4n) is 3.87. The Kier molecular flexibility index (Phi) is 5.20. The third-order valence-electron chi connectivity index (χ3n) is 5.60. The summed E-state index contributed by atoms with van der Waals surface area (Å²) in [4.78, 5) is 15.8. The van der Waals surface area contributed by atoms with Gasteiger partial charge in [-0.2, -0.15) is 18.3 Å². The van der Waals surface area contributed by atoms with Gasteiger partial charge in [-0.3, -0.25) is 4.79 Å². The summed E-state index contributed by atoms with van der Waals surface area (Å²) >= 11 is 6.39. The normalized spacial score (nSPS) is 22.9. The number of rotatable bonds is 2. The summed E-state index contributed by atoms with van der Waals surface area (Å²) in [7, 11) is 2.03. The molecule has 3 heterocycles. The van der Waals surface area contributed by atoms with Gasteiger partial charge in [-0.05, 0) is 5.56 Å². The van der Waals surface area contributed by atoms with Crippen LogP contribution in [0.25, 0.3) is 0 Å². The van der Waals surface area contributed by atoms with Crippen LogP contribution in [0, 0.1) is 0 Å². The van der Waals surface area contributed by atoms with Crippen LogP contribution in [0.2, 0.25) is 5.02 Å². The van der Waals surface area contributed by atoms with Crippen molar-refractivity contribution >= 4 is 23.3 Å². The number of aromatic nitrogens is 2. The van der Waals surface area contributed by atoms with Crippen molar-refractivity contribution in [3.05, 3.63) is 46.6 Å². The fourth-order valence-corrected chi connectivity index (χ4v) is 4.13. The number of anilines is 1. The number of amides is 1. The molecule has 0 saturated carbocycles. The minimum atomic E-state index is -4.52. The summed E-state index contributed by atoms with van der Waals surface area (Å²) in [6.45, 7) is 2.59. The van der Waals surface area contributed by atoms with Crippen molar-refractivity contribution < 1.29 is 22.9 Å². The van der Waals surface area contributed by atoms with E-state index in [9.17, 15) is 18.0 Å². The molecule has 1 aromatic heterocycles. The highest BCUT2D eigenvalue weighted by Crippen LogP contribution is 2.46. The largest absolute Gasteiger partial charge is 0.410 e. The summed E-state index contributed by atoms with van der Waals surface area (Å²) in [5.41, 5.74) is 0.594. The van der Waals surface area contributed by atoms with Crippen molar-refractivity contribution in [3.63, 3.8) is 0 Å². The summed E-state index contributed by atoms with van der Waals surface area (Å²) in [6.07, 6.45) is -4.75. The Labute approximate surface area is 171 Å². The number of alkyl halides is 3. The number of hydrogen-bond donors (Lipinski definition) is 2.